The zero-order valence-electron chi connectivity index (χ0n) is 22.1. The largest absolute Gasteiger partial charge is 0.493 e. The molecule has 1 amide bonds. The third-order valence-corrected chi connectivity index (χ3v) is 5.22. The van der Waals surface area contributed by atoms with Gasteiger partial charge >= 0.3 is 12.1 Å². The van der Waals surface area contributed by atoms with Crippen LogP contribution in [0.4, 0.5) is 4.79 Å². The summed E-state index contributed by atoms with van der Waals surface area (Å²) in [6, 6.07) is 5.06. The Bertz CT molecular complexity index is 758. The maximum Gasteiger partial charge on any atom is 0.408 e. The van der Waals surface area contributed by atoms with Crippen molar-refractivity contribution in [1.29, 1.82) is 0 Å². The van der Waals surface area contributed by atoms with Gasteiger partial charge in [0.2, 0.25) is 0 Å². The van der Waals surface area contributed by atoms with Crippen molar-refractivity contribution >= 4 is 12.1 Å². The van der Waals surface area contributed by atoms with E-state index < -0.39 is 23.7 Å². The number of alkyl carbamates (subject to hydrolysis) is 1. The third kappa shape index (κ3) is 11.1. The van der Waals surface area contributed by atoms with E-state index >= 15 is 0 Å². The van der Waals surface area contributed by atoms with Gasteiger partial charge in [0, 0.05) is 20.1 Å². The smallest absolute Gasteiger partial charge is 0.408 e. The van der Waals surface area contributed by atoms with Crippen LogP contribution in [0.15, 0.2) is 18.2 Å². The van der Waals surface area contributed by atoms with Crippen molar-refractivity contribution in [3.63, 3.8) is 0 Å². The molecule has 0 heterocycles. The number of methoxy groups -OCH3 is 2. The van der Waals surface area contributed by atoms with E-state index in [1.54, 1.807) is 41.9 Å². The van der Waals surface area contributed by atoms with E-state index in [2.05, 4.69) is 19.2 Å². The summed E-state index contributed by atoms with van der Waals surface area (Å²) in [4.78, 5) is 25.0. The lowest BCUT2D eigenvalue weighted by Gasteiger charge is -2.27. The Morgan fingerprint density at radius 2 is 1.76 bits per heavy atom. The number of hydrogen-bond donors (Lipinski definition) is 1. The fourth-order valence-corrected chi connectivity index (χ4v) is 3.45. The fourth-order valence-electron chi connectivity index (χ4n) is 3.45. The van der Waals surface area contributed by atoms with Gasteiger partial charge in [-0.25, -0.2) is 9.59 Å². The maximum atomic E-state index is 12.6. The summed E-state index contributed by atoms with van der Waals surface area (Å²) in [6.45, 7) is 12.7. The highest BCUT2D eigenvalue weighted by Crippen LogP contribution is 2.31. The molecule has 0 aromatic heterocycles. The Morgan fingerprint density at radius 1 is 1.06 bits per heavy atom. The summed E-state index contributed by atoms with van der Waals surface area (Å²) >= 11 is 0. The molecular formula is C26H43NO7. The van der Waals surface area contributed by atoms with E-state index in [0.29, 0.717) is 37.6 Å². The summed E-state index contributed by atoms with van der Waals surface area (Å²) in [5.41, 5.74) is 0.393. The summed E-state index contributed by atoms with van der Waals surface area (Å²) in [6.07, 6.45) is 1.26. The van der Waals surface area contributed by atoms with Crippen molar-refractivity contribution in [2.24, 2.45) is 11.8 Å². The number of benzene rings is 1. The molecule has 194 valence electrons. The molecule has 0 spiro atoms. The minimum atomic E-state index is -0.801. The lowest BCUT2D eigenvalue weighted by Crippen LogP contribution is -2.45. The summed E-state index contributed by atoms with van der Waals surface area (Å²) in [5.74, 6) is 1.23. The summed E-state index contributed by atoms with van der Waals surface area (Å²) in [5, 5.41) is 2.71. The van der Waals surface area contributed by atoms with Crippen molar-refractivity contribution < 1.29 is 33.3 Å². The SMILES string of the molecule is CCOC(=O)[C@@H](C[C@H](Cc1ccc(OC)c(OCCCOC)c1)C(C)C)NC(=O)OC(C)(C)C. The lowest BCUT2D eigenvalue weighted by atomic mass is 9.84. The highest BCUT2D eigenvalue weighted by Gasteiger charge is 2.29. The monoisotopic (exact) mass is 481 g/mol. The first-order chi connectivity index (χ1) is 16.0. The van der Waals surface area contributed by atoms with Crippen LogP contribution in [-0.2, 0) is 25.4 Å². The Labute approximate surface area is 204 Å². The van der Waals surface area contributed by atoms with Crippen molar-refractivity contribution in [3.05, 3.63) is 23.8 Å². The van der Waals surface area contributed by atoms with Crippen molar-refractivity contribution in [2.75, 3.05) is 34.0 Å². The van der Waals surface area contributed by atoms with Crippen LogP contribution in [0.2, 0.25) is 0 Å². The topological polar surface area (TPSA) is 92.3 Å². The molecule has 0 bridgehead atoms. The molecule has 0 saturated carbocycles. The molecule has 0 fully saturated rings. The minimum absolute atomic E-state index is 0.0964. The minimum Gasteiger partial charge on any atom is -0.493 e. The number of ether oxygens (including phenoxy) is 5. The summed E-state index contributed by atoms with van der Waals surface area (Å²) < 4.78 is 27.0. The van der Waals surface area contributed by atoms with Gasteiger partial charge in [0.05, 0.1) is 20.3 Å². The maximum absolute atomic E-state index is 12.6. The van der Waals surface area contributed by atoms with Crippen LogP contribution in [-0.4, -0.2) is 57.7 Å². The Hall–Kier alpha value is -2.48. The highest BCUT2D eigenvalue weighted by atomic mass is 16.6. The third-order valence-electron chi connectivity index (χ3n) is 5.22. The molecular weight excluding hydrogens is 438 g/mol. The van der Waals surface area contributed by atoms with Crippen LogP contribution >= 0.6 is 0 Å². The number of esters is 1. The van der Waals surface area contributed by atoms with Crippen molar-refractivity contribution in [1.82, 2.24) is 5.32 Å². The molecule has 0 aliphatic heterocycles. The van der Waals surface area contributed by atoms with Gasteiger partial charge in [-0.15, -0.1) is 0 Å². The Kier molecular flexibility index (Phi) is 12.8. The second-order valence-corrected chi connectivity index (χ2v) is 9.57. The van der Waals surface area contributed by atoms with Crippen molar-refractivity contribution in [2.45, 2.75) is 72.4 Å². The molecule has 0 radical (unpaired) electrons. The fraction of sp³-hybridized carbons (Fsp3) is 0.692. The van der Waals surface area contributed by atoms with Gasteiger partial charge in [-0.05, 0) is 70.1 Å². The number of carbonyl (C=O) groups excluding carboxylic acids is 2. The summed E-state index contributed by atoms with van der Waals surface area (Å²) in [7, 11) is 3.27. The highest BCUT2D eigenvalue weighted by molar-refractivity contribution is 5.81. The van der Waals surface area contributed by atoms with Crippen LogP contribution in [0.1, 0.15) is 59.9 Å². The standard InChI is InChI=1S/C26H43NO7/c1-9-32-24(28)21(27-25(29)34-26(4,5)6)17-20(18(2)3)15-19-11-12-22(31-8)23(16-19)33-14-10-13-30-7/h11-12,16,18,20-21H,9-10,13-15,17H2,1-8H3,(H,27,29)/t20-,21+/m0/s1. The second-order valence-electron chi connectivity index (χ2n) is 9.57. The zero-order chi connectivity index (χ0) is 25.7. The van der Waals surface area contributed by atoms with Crippen LogP contribution in [0.25, 0.3) is 0 Å². The molecule has 8 heteroatoms. The molecule has 1 aromatic carbocycles. The molecule has 2 atom stereocenters. The quantitative estimate of drug-likeness (QED) is 0.302. The van der Waals surface area contributed by atoms with E-state index in [-0.39, 0.29) is 18.4 Å². The second kappa shape index (κ2) is 14.7. The number of hydrogen-bond acceptors (Lipinski definition) is 7. The average Bonchev–Trinajstić information content (AvgIpc) is 2.74. The Balaban J connectivity index is 3.01. The molecule has 0 aliphatic rings. The molecule has 0 saturated heterocycles. The van der Waals surface area contributed by atoms with Gasteiger partial charge in [-0.1, -0.05) is 19.9 Å². The molecule has 8 nitrogen and oxygen atoms in total. The van der Waals surface area contributed by atoms with E-state index in [1.165, 1.54) is 0 Å². The first-order valence-corrected chi connectivity index (χ1v) is 12.0. The predicted octanol–water partition coefficient (Wildman–Crippen LogP) is 4.77. The van der Waals surface area contributed by atoms with Gasteiger partial charge in [-0.2, -0.15) is 0 Å². The van der Waals surface area contributed by atoms with Crippen LogP contribution in [0.5, 0.6) is 11.5 Å². The molecule has 1 aromatic rings. The molecule has 1 rings (SSSR count). The normalized spacial score (nSPS) is 13.2. The average molecular weight is 482 g/mol. The van der Waals surface area contributed by atoms with Gasteiger partial charge in [0.25, 0.3) is 0 Å². The van der Waals surface area contributed by atoms with Crippen LogP contribution < -0.4 is 14.8 Å². The number of amides is 1. The predicted molar refractivity (Wildman–Crippen MR) is 131 cm³/mol. The van der Waals surface area contributed by atoms with Crippen molar-refractivity contribution in [3.8, 4) is 11.5 Å². The van der Waals surface area contributed by atoms with Crippen LogP contribution in [0, 0.1) is 11.8 Å². The molecule has 1 N–H and O–H groups in total. The Morgan fingerprint density at radius 3 is 2.32 bits per heavy atom. The van der Waals surface area contributed by atoms with Crippen LogP contribution in [0.3, 0.4) is 0 Å². The van der Waals surface area contributed by atoms with Gasteiger partial charge in [-0.3, -0.25) is 0 Å². The first-order valence-electron chi connectivity index (χ1n) is 12.0. The zero-order valence-corrected chi connectivity index (χ0v) is 22.1. The van der Waals surface area contributed by atoms with Gasteiger partial charge in [0.15, 0.2) is 11.5 Å². The van der Waals surface area contributed by atoms with E-state index in [9.17, 15) is 9.59 Å². The molecule has 0 aliphatic carbocycles. The lowest BCUT2D eigenvalue weighted by molar-refractivity contribution is -0.146. The van der Waals surface area contributed by atoms with Gasteiger partial charge in [0.1, 0.15) is 11.6 Å². The number of nitrogens with one attached hydrogen (secondary N) is 1. The van der Waals surface area contributed by atoms with Gasteiger partial charge < -0.3 is 29.0 Å². The van der Waals surface area contributed by atoms with E-state index in [1.807, 2.05) is 18.2 Å². The molecule has 0 unspecified atom stereocenters. The van der Waals surface area contributed by atoms with E-state index in [4.69, 9.17) is 23.7 Å². The number of carbonyl (C=O) groups is 2. The number of rotatable bonds is 14. The first kappa shape index (κ1) is 29.6. The van der Waals surface area contributed by atoms with E-state index in [0.717, 1.165) is 12.0 Å². The molecule has 34 heavy (non-hydrogen) atoms.